The highest BCUT2D eigenvalue weighted by molar-refractivity contribution is 7.92. The number of benzene rings is 3. The number of hydrogen-bond acceptors (Lipinski definition) is 5. The third kappa shape index (κ3) is 9.77. The minimum Gasteiger partial charge on any atom is -0.492 e. The largest absolute Gasteiger partial charge is 0.492 e. The van der Waals surface area contributed by atoms with Gasteiger partial charge in [-0.25, -0.2) is 8.42 Å². The molecule has 0 fully saturated rings. The number of nitrogens with one attached hydrogen (secondary N) is 1. The van der Waals surface area contributed by atoms with Crippen molar-refractivity contribution in [3.8, 4) is 5.75 Å². The van der Waals surface area contributed by atoms with Gasteiger partial charge in [0.1, 0.15) is 11.8 Å². The molecule has 42 heavy (non-hydrogen) atoms. The zero-order chi connectivity index (χ0) is 30.7. The van der Waals surface area contributed by atoms with E-state index in [-0.39, 0.29) is 43.8 Å². The molecule has 226 valence electrons. The fraction of sp³-hybridized carbons (Fsp3) is 0.375. The van der Waals surface area contributed by atoms with E-state index in [2.05, 4.69) is 5.32 Å². The maximum absolute atomic E-state index is 13.9. The van der Waals surface area contributed by atoms with E-state index >= 15 is 0 Å². The van der Waals surface area contributed by atoms with E-state index in [1.165, 1.54) is 4.31 Å². The predicted octanol–water partition coefficient (Wildman–Crippen LogP) is 5.45. The van der Waals surface area contributed by atoms with Crippen LogP contribution in [0.3, 0.4) is 0 Å². The predicted molar refractivity (Wildman–Crippen MR) is 168 cm³/mol. The molecule has 0 saturated heterocycles. The highest BCUT2D eigenvalue weighted by Crippen LogP contribution is 2.30. The molecular weight excluding hydrogens is 574 g/mol. The van der Waals surface area contributed by atoms with Crippen molar-refractivity contribution in [1.29, 1.82) is 0 Å². The summed E-state index contributed by atoms with van der Waals surface area (Å²) in [6.07, 6.45) is 1.75. The Morgan fingerprint density at radius 2 is 1.57 bits per heavy atom. The van der Waals surface area contributed by atoms with Crippen molar-refractivity contribution in [2.45, 2.75) is 58.7 Å². The number of amides is 2. The highest BCUT2D eigenvalue weighted by Gasteiger charge is 2.31. The van der Waals surface area contributed by atoms with Gasteiger partial charge in [0.15, 0.2) is 0 Å². The minimum absolute atomic E-state index is 0.0384. The maximum Gasteiger partial charge on any atom is 0.243 e. The van der Waals surface area contributed by atoms with Crippen molar-refractivity contribution >= 4 is 39.1 Å². The van der Waals surface area contributed by atoms with E-state index in [0.717, 1.165) is 17.4 Å². The average molecular weight is 614 g/mol. The molecule has 2 amide bonds. The van der Waals surface area contributed by atoms with Gasteiger partial charge in [0.25, 0.3) is 0 Å². The Bertz CT molecular complexity index is 1420. The lowest BCUT2D eigenvalue weighted by Gasteiger charge is -2.32. The zero-order valence-electron chi connectivity index (χ0n) is 24.6. The van der Waals surface area contributed by atoms with Crippen LogP contribution in [0, 0.1) is 0 Å². The van der Waals surface area contributed by atoms with Gasteiger partial charge in [-0.2, -0.15) is 0 Å². The molecule has 0 spiro atoms. The summed E-state index contributed by atoms with van der Waals surface area (Å²) in [7, 11) is -3.66. The summed E-state index contributed by atoms with van der Waals surface area (Å²) in [4.78, 5) is 29.0. The monoisotopic (exact) mass is 613 g/mol. The second kappa shape index (κ2) is 15.6. The minimum atomic E-state index is -3.66. The molecule has 3 aromatic rings. The molecule has 1 N–H and O–H groups in total. The van der Waals surface area contributed by atoms with Gasteiger partial charge >= 0.3 is 0 Å². The molecule has 0 aliphatic heterocycles. The van der Waals surface area contributed by atoms with E-state index in [1.807, 2.05) is 63.2 Å². The fourth-order valence-corrected chi connectivity index (χ4v) is 5.74. The molecule has 0 radical (unpaired) electrons. The summed E-state index contributed by atoms with van der Waals surface area (Å²) in [5.41, 5.74) is 2.17. The molecule has 0 aliphatic rings. The normalized spacial score (nSPS) is 12.0. The Morgan fingerprint density at radius 3 is 2.19 bits per heavy atom. The van der Waals surface area contributed by atoms with Crippen LogP contribution in [0.2, 0.25) is 5.02 Å². The van der Waals surface area contributed by atoms with Crippen LogP contribution in [0.1, 0.15) is 44.7 Å². The molecular formula is C32H40ClN3O5S. The number of nitrogens with zero attached hydrogens (tertiary/aromatic N) is 2. The number of anilines is 1. The number of carbonyl (C=O) groups excluding carboxylic acids is 2. The van der Waals surface area contributed by atoms with E-state index in [9.17, 15) is 18.0 Å². The highest BCUT2D eigenvalue weighted by atomic mass is 35.5. The summed E-state index contributed by atoms with van der Waals surface area (Å²) < 4.78 is 32.5. The molecule has 3 rings (SSSR count). The summed E-state index contributed by atoms with van der Waals surface area (Å²) in [6.45, 7) is 6.24. The summed E-state index contributed by atoms with van der Waals surface area (Å²) >= 11 is 6.10. The Balaban J connectivity index is 1.89. The standard InChI is InChI=1S/C32H40ClN3O5S/c1-5-41-30-15-10-9-14-28(30)36(42(4,39)40)21-11-16-31(37)35(23-26-17-19-27(33)20-18-26)29(32(38)34-24(2)3)22-25-12-7-6-8-13-25/h6-10,12-15,17-20,24,29H,5,11,16,21-23H2,1-4H3,(H,34,38)/t29-/m0/s1. The average Bonchev–Trinajstić information content (AvgIpc) is 2.94. The fourth-order valence-electron chi connectivity index (χ4n) is 4.64. The first-order valence-corrected chi connectivity index (χ1v) is 16.3. The van der Waals surface area contributed by atoms with Gasteiger partial charge in [-0.15, -0.1) is 0 Å². The molecule has 0 aromatic heterocycles. The van der Waals surface area contributed by atoms with Gasteiger partial charge in [-0.05, 0) is 62.6 Å². The van der Waals surface area contributed by atoms with Crippen molar-refractivity contribution in [3.63, 3.8) is 0 Å². The van der Waals surface area contributed by atoms with E-state index in [4.69, 9.17) is 16.3 Å². The number of sulfonamides is 1. The van der Waals surface area contributed by atoms with Crippen molar-refractivity contribution in [2.75, 3.05) is 23.7 Å². The number of para-hydroxylation sites is 2. The number of halogens is 1. The molecule has 1 atom stereocenters. The van der Waals surface area contributed by atoms with Crippen molar-refractivity contribution in [2.24, 2.45) is 0 Å². The van der Waals surface area contributed by atoms with Gasteiger partial charge in [0.05, 0.1) is 18.6 Å². The molecule has 10 heteroatoms. The lowest BCUT2D eigenvalue weighted by atomic mass is 10.0. The van der Waals surface area contributed by atoms with E-state index in [0.29, 0.717) is 29.5 Å². The first-order chi connectivity index (χ1) is 20.0. The van der Waals surface area contributed by atoms with Gasteiger partial charge < -0.3 is 15.0 Å². The van der Waals surface area contributed by atoms with Crippen LogP contribution in [-0.4, -0.2) is 56.6 Å². The Kier molecular flexibility index (Phi) is 12.2. The Morgan fingerprint density at radius 1 is 0.929 bits per heavy atom. The Labute approximate surface area is 254 Å². The van der Waals surface area contributed by atoms with Crippen molar-refractivity contribution < 1.29 is 22.7 Å². The van der Waals surface area contributed by atoms with Crippen LogP contribution in [0.25, 0.3) is 0 Å². The molecule has 3 aromatic carbocycles. The molecule has 0 saturated carbocycles. The van der Waals surface area contributed by atoms with Gasteiger partial charge in [0, 0.05) is 37.0 Å². The molecule has 0 bridgehead atoms. The zero-order valence-corrected chi connectivity index (χ0v) is 26.2. The number of hydrogen-bond donors (Lipinski definition) is 1. The first-order valence-electron chi connectivity index (χ1n) is 14.1. The topological polar surface area (TPSA) is 96.0 Å². The quantitative estimate of drug-likeness (QED) is 0.246. The van der Waals surface area contributed by atoms with Crippen LogP contribution < -0.4 is 14.4 Å². The first kappa shape index (κ1) is 32.9. The van der Waals surface area contributed by atoms with Crippen LogP contribution in [-0.2, 0) is 32.6 Å². The van der Waals surface area contributed by atoms with Crippen LogP contribution in [0.4, 0.5) is 5.69 Å². The SMILES string of the molecule is CCOc1ccccc1N(CCCC(=O)N(Cc1ccc(Cl)cc1)[C@@H](Cc1ccccc1)C(=O)NC(C)C)S(C)(=O)=O. The second-order valence-corrected chi connectivity index (χ2v) is 12.7. The third-order valence-corrected chi connectivity index (χ3v) is 7.99. The second-order valence-electron chi connectivity index (χ2n) is 10.4. The summed E-state index contributed by atoms with van der Waals surface area (Å²) in [5, 5.41) is 3.54. The maximum atomic E-state index is 13.9. The summed E-state index contributed by atoms with van der Waals surface area (Å²) in [5.74, 6) is -0.0506. The molecule has 8 nitrogen and oxygen atoms in total. The van der Waals surface area contributed by atoms with E-state index in [1.54, 1.807) is 41.3 Å². The molecule has 0 heterocycles. The van der Waals surface area contributed by atoms with Gasteiger partial charge in [-0.3, -0.25) is 13.9 Å². The van der Waals surface area contributed by atoms with Crippen molar-refractivity contribution in [1.82, 2.24) is 10.2 Å². The lowest BCUT2D eigenvalue weighted by molar-refractivity contribution is -0.141. The van der Waals surface area contributed by atoms with Gasteiger partial charge in [-0.1, -0.05) is 66.2 Å². The lowest BCUT2D eigenvalue weighted by Crippen LogP contribution is -2.51. The summed E-state index contributed by atoms with van der Waals surface area (Å²) in [6, 6.07) is 22.8. The van der Waals surface area contributed by atoms with Crippen LogP contribution >= 0.6 is 11.6 Å². The van der Waals surface area contributed by atoms with Crippen molar-refractivity contribution in [3.05, 3.63) is 95.0 Å². The number of ether oxygens (including phenoxy) is 1. The Hall–Kier alpha value is -3.56. The smallest absolute Gasteiger partial charge is 0.243 e. The molecule has 0 unspecified atom stereocenters. The third-order valence-electron chi connectivity index (χ3n) is 6.55. The van der Waals surface area contributed by atoms with E-state index < -0.39 is 16.1 Å². The number of rotatable bonds is 15. The molecule has 0 aliphatic carbocycles. The van der Waals surface area contributed by atoms with Gasteiger partial charge in [0.2, 0.25) is 21.8 Å². The van der Waals surface area contributed by atoms with Crippen LogP contribution in [0.15, 0.2) is 78.9 Å². The van der Waals surface area contributed by atoms with Crippen LogP contribution in [0.5, 0.6) is 5.75 Å². The number of carbonyl (C=O) groups is 2.